The third-order valence-electron chi connectivity index (χ3n) is 4.40. The number of hydrogen-bond acceptors (Lipinski definition) is 3. The van der Waals surface area contributed by atoms with Crippen molar-refractivity contribution in [1.29, 1.82) is 5.26 Å². The van der Waals surface area contributed by atoms with Gasteiger partial charge in [-0.1, -0.05) is 26.7 Å². The third kappa shape index (κ3) is 3.45. The molecule has 0 bridgehead atoms. The van der Waals surface area contributed by atoms with Crippen molar-refractivity contribution in [1.82, 2.24) is 4.72 Å². The molecule has 0 saturated heterocycles. The van der Waals surface area contributed by atoms with Crippen LogP contribution in [0.2, 0.25) is 0 Å². The summed E-state index contributed by atoms with van der Waals surface area (Å²) in [6.07, 6.45) is 4.12. The van der Waals surface area contributed by atoms with Crippen molar-refractivity contribution in [2.75, 3.05) is 0 Å². The fourth-order valence-electron chi connectivity index (χ4n) is 2.98. The molecular weight excluding hydrogens is 284 g/mol. The summed E-state index contributed by atoms with van der Waals surface area (Å²) in [5.41, 5.74) is 1.06. The summed E-state index contributed by atoms with van der Waals surface area (Å²) in [7, 11) is -3.55. The van der Waals surface area contributed by atoms with E-state index in [1.54, 1.807) is 19.1 Å². The summed E-state index contributed by atoms with van der Waals surface area (Å²) < 4.78 is 28.1. The van der Waals surface area contributed by atoms with E-state index < -0.39 is 10.0 Å². The van der Waals surface area contributed by atoms with Crippen LogP contribution >= 0.6 is 0 Å². The Morgan fingerprint density at radius 2 is 2.05 bits per heavy atom. The molecule has 5 heteroatoms. The maximum Gasteiger partial charge on any atom is 0.241 e. The highest BCUT2D eigenvalue weighted by molar-refractivity contribution is 7.89. The van der Waals surface area contributed by atoms with Crippen molar-refractivity contribution in [2.45, 2.75) is 57.4 Å². The molecule has 0 aromatic heterocycles. The van der Waals surface area contributed by atoms with Crippen molar-refractivity contribution in [2.24, 2.45) is 5.41 Å². The minimum atomic E-state index is -3.55. The van der Waals surface area contributed by atoms with Gasteiger partial charge in [0, 0.05) is 6.04 Å². The van der Waals surface area contributed by atoms with Crippen LogP contribution in [-0.4, -0.2) is 14.5 Å². The summed E-state index contributed by atoms with van der Waals surface area (Å²) in [5.74, 6) is 0. The Bertz CT molecular complexity index is 672. The van der Waals surface area contributed by atoms with Crippen molar-refractivity contribution in [3.8, 4) is 6.07 Å². The molecule has 4 nitrogen and oxygen atoms in total. The molecule has 0 radical (unpaired) electrons. The van der Waals surface area contributed by atoms with E-state index >= 15 is 0 Å². The summed E-state index contributed by atoms with van der Waals surface area (Å²) >= 11 is 0. The zero-order valence-electron chi connectivity index (χ0n) is 12.8. The first-order valence-electron chi connectivity index (χ1n) is 7.29. The van der Waals surface area contributed by atoms with Gasteiger partial charge in [0.15, 0.2) is 0 Å². The molecule has 1 atom stereocenters. The molecule has 1 N–H and O–H groups in total. The molecule has 1 aliphatic rings. The first-order valence-corrected chi connectivity index (χ1v) is 8.78. The SMILES string of the molecule is Cc1cc(C#N)ccc1S(=O)(=O)NC1CCCCC1(C)C. The molecule has 0 amide bonds. The highest BCUT2D eigenvalue weighted by Gasteiger charge is 2.35. The average Bonchev–Trinajstić information content (AvgIpc) is 2.40. The molecule has 2 rings (SSSR count). The zero-order chi connectivity index (χ0) is 15.7. The molecule has 0 aliphatic heterocycles. The van der Waals surface area contributed by atoms with Gasteiger partial charge < -0.3 is 0 Å². The van der Waals surface area contributed by atoms with E-state index in [1.807, 2.05) is 6.07 Å². The standard InChI is InChI=1S/C16H22N2O2S/c1-12-10-13(11-17)7-8-14(12)21(19,20)18-15-6-4-5-9-16(15,2)3/h7-8,10,15,18H,4-6,9H2,1-3H3. The van der Waals surface area contributed by atoms with Gasteiger partial charge in [0.25, 0.3) is 0 Å². The Hall–Kier alpha value is -1.38. The number of benzene rings is 1. The first-order chi connectivity index (χ1) is 9.76. The largest absolute Gasteiger partial charge is 0.241 e. The summed E-state index contributed by atoms with van der Waals surface area (Å²) in [5, 5.41) is 8.87. The van der Waals surface area contributed by atoms with Crippen LogP contribution in [0.1, 0.15) is 50.7 Å². The van der Waals surface area contributed by atoms with Gasteiger partial charge in [-0.25, -0.2) is 13.1 Å². The van der Waals surface area contributed by atoms with Crippen molar-refractivity contribution in [3.05, 3.63) is 29.3 Å². The van der Waals surface area contributed by atoms with Crippen LogP contribution in [0.25, 0.3) is 0 Å². The van der Waals surface area contributed by atoms with Crippen LogP contribution in [0, 0.1) is 23.7 Å². The van der Waals surface area contributed by atoms with Gasteiger partial charge >= 0.3 is 0 Å². The lowest BCUT2D eigenvalue weighted by molar-refractivity contribution is 0.188. The van der Waals surface area contributed by atoms with E-state index in [0.717, 1.165) is 25.7 Å². The minimum absolute atomic E-state index is 0.0220. The molecule has 1 fully saturated rings. The number of nitriles is 1. The van der Waals surface area contributed by atoms with Gasteiger partial charge in [-0.2, -0.15) is 5.26 Å². The van der Waals surface area contributed by atoms with Crippen molar-refractivity contribution < 1.29 is 8.42 Å². The van der Waals surface area contributed by atoms with Crippen molar-refractivity contribution in [3.63, 3.8) is 0 Å². The summed E-state index contributed by atoms with van der Waals surface area (Å²) in [6.45, 7) is 5.96. The van der Waals surface area contributed by atoms with Gasteiger partial charge in [-0.05, 0) is 48.9 Å². The fraction of sp³-hybridized carbons (Fsp3) is 0.562. The Balaban J connectivity index is 2.28. The van der Waals surface area contributed by atoms with Crippen LogP contribution in [-0.2, 0) is 10.0 Å². The number of nitrogens with one attached hydrogen (secondary N) is 1. The van der Waals surface area contributed by atoms with Gasteiger partial charge in [0.1, 0.15) is 0 Å². The average molecular weight is 306 g/mol. The highest BCUT2D eigenvalue weighted by Crippen LogP contribution is 2.36. The third-order valence-corrected chi connectivity index (χ3v) is 6.03. The molecule has 114 valence electrons. The lowest BCUT2D eigenvalue weighted by Gasteiger charge is -2.38. The van der Waals surface area contributed by atoms with Crippen LogP contribution in [0.5, 0.6) is 0 Å². The Morgan fingerprint density at radius 1 is 1.33 bits per heavy atom. The molecule has 0 spiro atoms. The quantitative estimate of drug-likeness (QED) is 0.932. The predicted octanol–water partition coefficient (Wildman–Crippen LogP) is 3.11. The molecule has 21 heavy (non-hydrogen) atoms. The molecule has 1 unspecified atom stereocenters. The predicted molar refractivity (Wildman–Crippen MR) is 82.3 cm³/mol. The number of rotatable bonds is 3. The number of sulfonamides is 1. The lowest BCUT2D eigenvalue weighted by atomic mass is 9.74. The highest BCUT2D eigenvalue weighted by atomic mass is 32.2. The van der Waals surface area contributed by atoms with Crippen LogP contribution < -0.4 is 4.72 Å². The van der Waals surface area contributed by atoms with E-state index in [0.29, 0.717) is 11.1 Å². The Kier molecular flexibility index (Phi) is 4.40. The number of aryl methyl sites for hydroxylation is 1. The number of hydrogen-bond donors (Lipinski definition) is 1. The van der Waals surface area contributed by atoms with Crippen LogP contribution in [0.15, 0.2) is 23.1 Å². The molecule has 1 saturated carbocycles. The van der Waals surface area contributed by atoms with Crippen LogP contribution in [0.4, 0.5) is 0 Å². The van der Waals surface area contributed by atoms with Crippen molar-refractivity contribution >= 4 is 10.0 Å². The summed E-state index contributed by atoms with van der Waals surface area (Å²) in [4.78, 5) is 0.267. The van der Waals surface area contributed by atoms with E-state index in [1.165, 1.54) is 6.07 Å². The van der Waals surface area contributed by atoms with E-state index in [2.05, 4.69) is 18.6 Å². The second kappa shape index (κ2) is 5.78. The van der Waals surface area contributed by atoms with E-state index in [-0.39, 0.29) is 16.4 Å². The number of nitrogens with zero attached hydrogens (tertiary/aromatic N) is 1. The molecule has 1 aliphatic carbocycles. The van der Waals surface area contributed by atoms with Crippen LogP contribution in [0.3, 0.4) is 0 Å². The van der Waals surface area contributed by atoms with E-state index in [9.17, 15) is 8.42 Å². The maximum atomic E-state index is 12.6. The summed E-state index contributed by atoms with van der Waals surface area (Å²) in [6, 6.07) is 6.67. The van der Waals surface area contributed by atoms with E-state index in [4.69, 9.17) is 5.26 Å². The molecule has 1 aromatic carbocycles. The topological polar surface area (TPSA) is 70.0 Å². The second-order valence-electron chi connectivity index (χ2n) is 6.50. The first kappa shape index (κ1) is 16.0. The normalized spacial score (nSPS) is 21.7. The smallest absolute Gasteiger partial charge is 0.208 e. The second-order valence-corrected chi connectivity index (χ2v) is 8.18. The lowest BCUT2D eigenvalue weighted by Crippen LogP contribution is -2.46. The monoisotopic (exact) mass is 306 g/mol. The van der Waals surface area contributed by atoms with Gasteiger partial charge in [0.2, 0.25) is 10.0 Å². The Morgan fingerprint density at radius 3 is 2.62 bits per heavy atom. The van der Waals surface area contributed by atoms with Gasteiger partial charge in [0.05, 0.1) is 16.5 Å². The minimum Gasteiger partial charge on any atom is -0.208 e. The van der Waals surface area contributed by atoms with Gasteiger partial charge in [-0.15, -0.1) is 0 Å². The Labute approximate surface area is 127 Å². The fourth-order valence-corrected chi connectivity index (χ4v) is 4.65. The zero-order valence-corrected chi connectivity index (χ0v) is 13.6. The molecule has 0 heterocycles. The molecular formula is C16H22N2O2S. The molecule has 1 aromatic rings. The van der Waals surface area contributed by atoms with Gasteiger partial charge in [-0.3, -0.25) is 0 Å². The maximum absolute atomic E-state index is 12.6.